The molecule has 1 aliphatic rings. The summed E-state index contributed by atoms with van der Waals surface area (Å²) in [6.07, 6.45) is 1.13. The quantitative estimate of drug-likeness (QED) is 0.379. The van der Waals surface area contributed by atoms with Gasteiger partial charge in [-0.05, 0) is 72.2 Å². The summed E-state index contributed by atoms with van der Waals surface area (Å²) < 4.78 is 18.8. The number of benzene rings is 2. The van der Waals surface area contributed by atoms with Crippen LogP contribution in [0.1, 0.15) is 70.2 Å². The molecule has 0 radical (unpaired) electrons. The first kappa shape index (κ1) is 27.4. The number of hydrogen-bond acceptors (Lipinski definition) is 4. The molecule has 5 nitrogen and oxygen atoms in total. The second-order valence-electron chi connectivity index (χ2n) is 9.84. The van der Waals surface area contributed by atoms with Crippen molar-refractivity contribution in [3.8, 4) is 0 Å². The molecule has 1 heterocycles. The zero-order valence-electron chi connectivity index (χ0n) is 21.9. The number of ether oxygens (including phenoxy) is 1. The number of carbonyl (C=O) groups is 2. The van der Waals surface area contributed by atoms with Gasteiger partial charge in [0.2, 0.25) is 5.91 Å². The van der Waals surface area contributed by atoms with E-state index in [0.717, 1.165) is 46.6 Å². The van der Waals surface area contributed by atoms with Gasteiger partial charge in [0.05, 0.1) is 5.69 Å². The van der Waals surface area contributed by atoms with E-state index in [4.69, 9.17) is 4.74 Å². The van der Waals surface area contributed by atoms with Gasteiger partial charge in [-0.1, -0.05) is 40.7 Å². The standard InChI is InChI=1S/C26H33FN2O3.C2H6/c1-17-11-23(28-10-9-20-13-22(27)8-7-21(20)15-28)12-18(2)25(17)29(16-32-19(3)30)24(31)14-26(4,5)6;1-2/h7-8,11-13H,9-10,14-16H2,1-6H3;1-2H3. The highest BCUT2D eigenvalue weighted by Gasteiger charge is 2.26. The van der Waals surface area contributed by atoms with Crippen molar-refractivity contribution in [2.45, 2.75) is 74.8 Å². The molecule has 0 saturated heterocycles. The van der Waals surface area contributed by atoms with Crippen LogP contribution in [0.15, 0.2) is 30.3 Å². The van der Waals surface area contributed by atoms with E-state index in [9.17, 15) is 14.0 Å². The molecule has 186 valence electrons. The van der Waals surface area contributed by atoms with Gasteiger partial charge in [-0.15, -0.1) is 0 Å². The molecule has 0 N–H and O–H groups in total. The monoisotopic (exact) mass is 470 g/mol. The Kier molecular flexibility index (Phi) is 9.25. The van der Waals surface area contributed by atoms with Gasteiger partial charge >= 0.3 is 5.97 Å². The Balaban J connectivity index is 0.00000199. The van der Waals surface area contributed by atoms with Crippen molar-refractivity contribution in [2.75, 3.05) is 23.1 Å². The Morgan fingerprint density at radius 3 is 2.24 bits per heavy atom. The Bertz CT molecular complexity index is 1000. The number of amides is 1. The molecule has 1 aliphatic heterocycles. The maximum Gasteiger partial charge on any atom is 0.304 e. The second-order valence-corrected chi connectivity index (χ2v) is 9.84. The number of halogens is 1. The molecular formula is C28H39FN2O3. The van der Waals surface area contributed by atoms with Gasteiger partial charge in [-0.2, -0.15) is 0 Å². The molecule has 0 spiro atoms. The summed E-state index contributed by atoms with van der Waals surface area (Å²) in [5, 5.41) is 0. The zero-order chi connectivity index (χ0) is 25.6. The fourth-order valence-corrected chi connectivity index (χ4v) is 4.25. The summed E-state index contributed by atoms with van der Waals surface area (Å²) in [7, 11) is 0. The van der Waals surface area contributed by atoms with Crippen LogP contribution in [0.25, 0.3) is 0 Å². The van der Waals surface area contributed by atoms with Crippen LogP contribution in [0, 0.1) is 25.1 Å². The van der Waals surface area contributed by atoms with Gasteiger partial charge < -0.3 is 9.64 Å². The number of nitrogens with zero attached hydrogens (tertiary/aromatic N) is 2. The van der Waals surface area contributed by atoms with Crippen LogP contribution in [0.2, 0.25) is 0 Å². The van der Waals surface area contributed by atoms with E-state index in [2.05, 4.69) is 17.0 Å². The lowest BCUT2D eigenvalue weighted by molar-refractivity contribution is -0.141. The highest BCUT2D eigenvalue weighted by atomic mass is 19.1. The number of hydrogen-bond donors (Lipinski definition) is 0. The predicted octanol–water partition coefficient (Wildman–Crippen LogP) is 6.32. The highest BCUT2D eigenvalue weighted by molar-refractivity contribution is 5.95. The van der Waals surface area contributed by atoms with Gasteiger partial charge in [-0.25, -0.2) is 4.39 Å². The lowest BCUT2D eigenvalue weighted by atomic mass is 9.91. The van der Waals surface area contributed by atoms with Crippen molar-refractivity contribution in [3.05, 3.63) is 58.4 Å². The number of carbonyl (C=O) groups excluding carboxylic acids is 2. The van der Waals surface area contributed by atoms with Crippen molar-refractivity contribution in [1.82, 2.24) is 0 Å². The van der Waals surface area contributed by atoms with Gasteiger partial charge in [-0.3, -0.25) is 14.5 Å². The fraction of sp³-hybridized carbons (Fsp3) is 0.500. The molecule has 34 heavy (non-hydrogen) atoms. The summed E-state index contributed by atoms with van der Waals surface area (Å²) in [6, 6.07) is 9.14. The third kappa shape index (κ3) is 7.05. The minimum Gasteiger partial charge on any atom is -0.444 e. The number of fused-ring (bicyclic) bond motifs is 1. The molecule has 6 heteroatoms. The molecular weight excluding hydrogens is 431 g/mol. The third-order valence-corrected chi connectivity index (χ3v) is 5.67. The lowest BCUT2D eigenvalue weighted by Crippen LogP contribution is -2.37. The Hall–Kier alpha value is -2.89. The maximum atomic E-state index is 13.5. The second kappa shape index (κ2) is 11.5. The van der Waals surface area contributed by atoms with E-state index in [-0.39, 0.29) is 23.9 Å². The summed E-state index contributed by atoms with van der Waals surface area (Å²) in [4.78, 5) is 28.4. The number of aryl methyl sites for hydroxylation is 2. The van der Waals surface area contributed by atoms with Crippen LogP contribution in [-0.4, -0.2) is 25.2 Å². The molecule has 0 aliphatic carbocycles. The van der Waals surface area contributed by atoms with E-state index < -0.39 is 5.97 Å². The zero-order valence-corrected chi connectivity index (χ0v) is 21.9. The van der Waals surface area contributed by atoms with Gasteiger partial charge in [0.25, 0.3) is 0 Å². The largest absolute Gasteiger partial charge is 0.444 e. The van der Waals surface area contributed by atoms with Crippen molar-refractivity contribution in [2.24, 2.45) is 5.41 Å². The van der Waals surface area contributed by atoms with Crippen molar-refractivity contribution in [3.63, 3.8) is 0 Å². The summed E-state index contributed by atoms with van der Waals surface area (Å²) in [5.74, 6) is -0.693. The van der Waals surface area contributed by atoms with E-state index in [0.29, 0.717) is 13.0 Å². The smallest absolute Gasteiger partial charge is 0.304 e. The van der Waals surface area contributed by atoms with Crippen LogP contribution in [-0.2, 0) is 27.3 Å². The summed E-state index contributed by atoms with van der Waals surface area (Å²) >= 11 is 0. The summed E-state index contributed by atoms with van der Waals surface area (Å²) in [6.45, 7) is 16.7. The molecule has 0 atom stereocenters. The average Bonchev–Trinajstić information content (AvgIpc) is 2.75. The van der Waals surface area contributed by atoms with Gasteiger partial charge in [0.15, 0.2) is 6.73 Å². The SMILES string of the molecule is CC.CC(=O)OCN(C(=O)CC(C)(C)C)c1c(C)cc(N2CCc3cc(F)ccc3C2)cc1C. The third-order valence-electron chi connectivity index (χ3n) is 5.67. The normalized spacial score (nSPS) is 12.9. The number of rotatable bonds is 5. The van der Waals surface area contributed by atoms with E-state index in [1.54, 1.807) is 11.0 Å². The summed E-state index contributed by atoms with van der Waals surface area (Å²) in [5.41, 5.74) is 5.74. The first-order valence-electron chi connectivity index (χ1n) is 12.0. The lowest BCUT2D eigenvalue weighted by Gasteiger charge is -2.33. The first-order chi connectivity index (χ1) is 15.9. The molecule has 0 bridgehead atoms. The number of anilines is 2. The topological polar surface area (TPSA) is 49.9 Å². The highest BCUT2D eigenvalue weighted by Crippen LogP contribution is 2.34. The Morgan fingerprint density at radius 1 is 1.06 bits per heavy atom. The van der Waals surface area contributed by atoms with E-state index in [1.165, 1.54) is 13.0 Å². The molecule has 2 aromatic carbocycles. The van der Waals surface area contributed by atoms with Crippen LogP contribution < -0.4 is 9.80 Å². The minimum atomic E-state index is -0.422. The molecule has 0 unspecified atom stereocenters. The molecule has 0 fully saturated rings. The average molecular weight is 471 g/mol. The van der Waals surface area contributed by atoms with Crippen molar-refractivity contribution in [1.29, 1.82) is 0 Å². The van der Waals surface area contributed by atoms with Crippen LogP contribution in [0.3, 0.4) is 0 Å². The van der Waals surface area contributed by atoms with E-state index >= 15 is 0 Å². The van der Waals surface area contributed by atoms with Crippen LogP contribution >= 0.6 is 0 Å². The van der Waals surface area contributed by atoms with Crippen molar-refractivity contribution < 1.29 is 18.7 Å². The van der Waals surface area contributed by atoms with Crippen molar-refractivity contribution >= 4 is 23.3 Å². The fourth-order valence-electron chi connectivity index (χ4n) is 4.25. The first-order valence-corrected chi connectivity index (χ1v) is 12.0. The molecule has 2 aromatic rings. The molecule has 1 amide bonds. The van der Waals surface area contributed by atoms with Crippen LogP contribution in [0.4, 0.5) is 15.8 Å². The molecule has 0 aromatic heterocycles. The maximum absolute atomic E-state index is 13.5. The number of esters is 1. The van der Waals surface area contributed by atoms with Crippen LogP contribution in [0.5, 0.6) is 0 Å². The van der Waals surface area contributed by atoms with E-state index in [1.807, 2.05) is 54.5 Å². The van der Waals surface area contributed by atoms with Gasteiger partial charge in [0, 0.05) is 32.1 Å². The Morgan fingerprint density at radius 2 is 1.68 bits per heavy atom. The predicted molar refractivity (Wildman–Crippen MR) is 137 cm³/mol. The molecule has 0 saturated carbocycles. The Labute approximate surface area is 203 Å². The molecule has 3 rings (SSSR count). The van der Waals surface area contributed by atoms with Gasteiger partial charge in [0.1, 0.15) is 5.82 Å². The minimum absolute atomic E-state index is 0.0772.